The molecule has 2 aromatic rings. The molecule has 0 bridgehead atoms. The van der Waals surface area contributed by atoms with Crippen LogP contribution < -0.4 is 14.8 Å². The van der Waals surface area contributed by atoms with Crippen LogP contribution in [0.15, 0.2) is 48.5 Å². The predicted octanol–water partition coefficient (Wildman–Crippen LogP) is 5.03. The molecule has 0 saturated carbocycles. The fraction of sp³-hybridized carbons (Fsp3) is 0.235. The van der Waals surface area contributed by atoms with E-state index < -0.39 is 18.4 Å². The fourth-order valence-corrected chi connectivity index (χ4v) is 2.17. The number of amides is 1. The van der Waals surface area contributed by atoms with Crippen molar-refractivity contribution in [2.75, 3.05) is 5.32 Å². The lowest BCUT2D eigenvalue weighted by Gasteiger charge is -2.17. The Balaban J connectivity index is 1.99. The summed E-state index contributed by atoms with van der Waals surface area (Å²) in [4.78, 5) is 12.3. The predicted molar refractivity (Wildman–Crippen MR) is 87.9 cm³/mol. The normalized spacial score (nSPS) is 12.4. The van der Waals surface area contributed by atoms with E-state index in [0.29, 0.717) is 22.9 Å². The molecule has 0 heterocycles. The monoisotopic (exact) mass is 373 g/mol. The van der Waals surface area contributed by atoms with E-state index in [1.54, 1.807) is 31.2 Å². The zero-order valence-corrected chi connectivity index (χ0v) is 13.9. The van der Waals surface area contributed by atoms with E-state index >= 15 is 0 Å². The highest BCUT2D eigenvalue weighted by Gasteiger charge is 2.31. The van der Waals surface area contributed by atoms with Gasteiger partial charge in [-0.05, 0) is 48.9 Å². The van der Waals surface area contributed by atoms with Gasteiger partial charge in [0.2, 0.25) is 0 Å². The molecule has 2 aromatic carbocycles. The minimum atomic E-state index is -4.76. The van der Waals surface area contributed by atoms with Crippen LogP contribution in [0.1, 0.15) is 13.3 Å². The first kappa shape index (κ1) is 18.9. The van der Waals surface area contributed by atoms with E-state index in [4.69, 9.17) is 16.3 Å². The van der Waals surface area contributed by atoms with Gasteiger partial charge in [-0.2, -0.15) is 0 Å². The van der Waals surface area contributed by atoms with Crippen LogP contribution in [0.2, 0.25) is 5.02 Å². The SMILES string of the molecule is CC[C@@H](Oc1cccc(Cl)c1)C(=O)Nc1ccc(OC(F)(F)F)cc1. The lowest BCUT2D eigenvalue weighted by atomic mass is 10.2. The summed E-state index contributed by atoms with van der Waals surface area (Å²) in [5.41, 5.74) is 0.327. The quantitative estimate of drug-likeness (QED) is 0.772. The fourth-order valence-electron chi connectivity index (χ4n) is 1.99. The Kier molecular flexibility index (Phi) is 6.14. The third-order valence-electron chi connectivity index (χ3n) is 3.09. The molecule has 0 unspecified atom stereocenters. The molecule has 1 amide bonds. The molecule has 2 rings (SSSR count). The van der Waals surface area contributed by atoms with Crippen LogP contribution in [0.3, 0.4) is 0 Å². The third-order valence-corrected chi connectivity index (χ3v) is 3.33. The molecule has 0 spiro atoms. The second kappa shape index (κ2) is 8.11. The lowest BCUT2D eigenvalue weighted by Crippen LogP contribution is -2.32. The van der Waals surface area contributed by atoms with Gasteiger partial charge in [-0.15, -0.1) is 13.2 Å². The molecule has 0 saturated heterocycles. The van der Waals surface area contributed by atoms with Gasteiger partial charge in [0.05, 0.1) is 0 Å². The molecule has 0 aliphatic carbocycles. The van der Waals surface area contributed by atoms with Crippen LogP contribution in [-0.4, -0.2) is 18.4 Å². The van der Waals surface area contributed by atoms with Crippen molar-refractivity contribution in [1.82, 2.24) is 0 Å². The number of nitrogens with one attached hydrogen (secondary N) is 1. The van der Waals surface area contributed by atoms with Gasteiger partial charge in [0.25, 0.3) is 5.91 Å². The standard InChI is InChI=1S/C17H15ClF3NO3/c1-2-15(24-14-5-3-4-11(18)10-14)16(23)22-12-6-8-13(9-7-12)25-17(19,20)21/h3-10,15H,2H2,1H3,(H,22,23)/t15-/m1/s1. The summed E-state index contributed by atoms with van der Waals surface area (Å²) < 4.78 is 45.7. The average molecular weight is 374 g/mol. The topological polar surface area (TPSA) is 47.6 Å². The summed E-state index contributed by atoms with van der Waals surface area (Å²) in [5.74, 6) is -0.344. The molecule has 4 nitrogen and oxygen atoms in total. The molecule has 1 N–H and O–H groups in total. The highest BCUT2D eigenvalue weighted by molar-refractivity contribution is 6.30. The smallest absolute Gasteiger partial charge is 0.481 e. The van der Waals surface area contributed by atoms with Crippen LogP contribution in [0.25, 0.3) is 0 Å². The van der Waals surface area contributed by atoms with Crippen LogP contribution in [0, 0.1) is 0 Å². The molecule has 0 aromatic heterocycles. The highest BCUT2D eigenvalue weighted by atomic mass is 35.5. The summed E-state index contributed by atoms with van der Waals surface area (Å²) >= 11 is 5.87. The van der Waals surface area contributed by atoms with Gasteiger partial charge in [0.1, 0.15) is 11.5 Å². The average Bonchev–Trinajstić information content (AvgIpc) is 2.53. The van der Waals surface area contributed by atoms with Gasteiger partial charge in [-0.3, -0.25) is 4.79 Å². The number of halogens is 4. The third kappa shape index (κ3) is 6.19. The number of carbonyl (C=O) groups excluding carboxylic acids is 1. The zero-order chi connectivity index (χ0) is 18.4. The van der Waals surface area contributed by atoms with E-state index in [2.05, 4.69) is 10.1 Å². The van der Waals surface area contributed by atoms with Crippen molar-refractivity contribution in [1.29, 1.82) is 0 Å². The van der Waals surface area contributed by atoms with Crippen molar-refractivity contribution in [2.24, 2.45) is 0 Å². The molecule has 0 aliphatic heterocycles. The Labute approximate surface area is 147 Å². The summed E-state index contributed by atoms with van der Waals surface area (Å²) in [6.07, 6.45) is -5.14. The van der Waals surface area contributed by atoms with Gasteiger partial charge < -0.3 is 14.8 Å². The molecule has 8 heteroatoms. The molecular formula is C17H15ClF3NO3. The van der Waals surface area contributed by atoms with Crippen LogP contribution in [-0.2, 0) is 4.79 Å². The van der Waals surface area contributed by atoms with E-state index in [-0.39, 0.29) is 5.75 Å². The van der Waals surface area contributed by atoms with E-state index in [9.17, 15) is 18.0 Å². The number of carbonyl (C=O) groups is 1. The number of rotatable bonds is 6. The van der Waals surface area contributed by atoms with Gasteiger partial charge >= 0.3 is 6.36 Å². The van der Waals surface area contributed by atoms with E-state index in [1.165, 1.54) is 12.1 Å². The van der Waals surface area contributed by atoms with Crippen LogP contribution in [0.4, 0.5) is 18.9 Å². The Morgan fingerprint density at radius 1 is 1.16 bits per heavy atom. The summed E-state index contributed by atoms with van der Waals surface area (Å²) in [6, 6.07) is 11.5. The summed E-state index contributed by atoms with van der Waals surface area (Å²) in [6.45, 7) is 1.77. The summed E-state index contributed by atoms with van der Waals surface area (Å²) in [5, 5.41) is 3.06. The number of alkyl halides is 3. The maximum atomic E-state index is 12.3. The van der Waals surface area contributed by atoms with Crippen molar-refractivity contribution in [3.8, 4) is 11.5 Å². The molecule has 134 valence electrons. The van der Waals surface area contributed by atoms with Crippen molar-refractivity contribution >= 4 is 23.2 Å². The second-order valence-corrected chi connectivity index (χ2v) is 5.47. The Bertz CT molecular complexity index is 720. The largest absolute Gasteiger partial charge is 0.573 e. The Morgan fingerprint density at radius 2 is 1.84 bits per heavy atom. The first-order chi connectivity index (χ1) is 11.8. The van der Waals surface area contributed by atoms with Gasteiger partial charge in [-0.25, -0.2) is 0 Å². The van der Waals surface area contributed by atoms with Crippen LogP contribution >= 0.6 is 11.6 Å². The molecule has 0 aliphatic rings. The number of hydrogen-bond acceptors (Lipinski definition) is 3. The maximum absolute atomic E-state index is 12.3. The van der Waals surface area contributed by atoms with E-state index in [1.807, 2.05) is 0 Å². The number of benzene rings is 2. The van der Waals surface area contributed by atoms with Crippen molar-refractivity contribution in [3.63, 3.8) is 0 Å². The maximum Gasteiger partial charge on any atom is 0.573 e. The van der Waals surface area contributed by atoms with E-state index in [0.717, 1.165) is 12.1 Å². The molecule has 1 atom stereocenters. The summed E-state index contributed by atoms with van der Waals surface area (Å²) in [7, 11) is 0. The molecule has 0 fully saturated rings. The zero-order valence-electron chi connectivity index (χ0n) is 13.1. The first-order valence-corrected chi connectivity index (χ1v) is 7.73. The number of ether oxygens (including phenoxy) is 2. The number of anilines is 1. The van der Waals surface area contributed by atoms with Crippen molar-refractivity contribution < 1.29 is 27.4 Å². The van der Waals surface area contributed by atoms with Crippen molar-refractivity contribution in [3.05, 3.63) is 53.6 Å². The van der Waals surface area contributed by atoms with Gasteiger partial charge in [0.15, 0.2) is 6.10 Å². The Hall–Kier alpha value is -2.41. The van der Waals surface area contributed by atoms with Gasteiger partial charge in [0, 0.05) is 10.7 Å². The minimum absolute atomic E-state index is 0.327. The lowest BCUT2D eigenvalue weighted by molar-refractivity contribution is -0.274. The molecular weight excluding hydrogens is 359 g/mol. The molecule has 0 radical (unpaired) electrons. The first-order valence-electron chi connectivity index (χ1n) is 7.35. The highest BCUT2D eigenvalue weighted by Crippen LogP contribution is 2.24. The van der Waals surface area contributed by atoms with Crippen molar-refractivity contribution in [2.45, 2.75) is 25.8 Å². The minimum Gasteiger partial charge on any atom is -0.481 e. The van der Waals surface area contributed by atoms with Crippen LogP contribution in [0.5, 0.6) is 11.5 Å². The Morgan fingerprint density at radius 3 is 2.40 bits per heavy atom. The number of hydrogen-bond donors (Lipinski definition) is 1. The van der Waals surface area contributed by atoms with Gasteiger partial charge in [-0.1, -0.05) is 24.6 Å². The molecule has 25 heavy (non-hydrogen) atoms. The second-order valence-electron chi connectivity index (χ2n) is 5.03.